The largest absolute Gasteiger partial charge is 0.271 e. The molecule has 1 radical (unpaired) electrons. The van der Waals surface area contributed by atoms with Crippen LogP contribution in [0, 0.1) is 13.8 Å². The summed E-state index contributed by atoms with van der Waals surface area (Å²) in [6, 6.07) is 2.03. The molecule has 0 bridgehead atoms. The summed E-state index contributed by atoms with van der Waals surface area (Å²) >= 11 is 1.69. The van der Waals surface area contributed by atoms with Crippen LogP contribution in [0.2, 0.25) is 0 Å². The molecule has 0 amide bonds. The van der Waals surface area contributed by atoms with Crippen LogP contribution in [-0.2, 0) is 0 Å². The van der Waals surface area contributed by atoms with Crippen LogP contribution in [0.5, 0.6) is 0 Å². The van der Waals surface area contributed by atoms with Crippen molar-refractivity contribution in [2.75, 3.05) is 6.26 Å². The molecule has 0 saturated heterocycles. The minimum absolute atomic E-state index is 1.09. The van der Waals surface area contributed by atoms with Gasteiger partial charge in [-0.25, -0.2) is 11.6 Å². The normalized spacial score (nSPS) is 9.73. The molecule has 1 heterocycles. The average molecular weight is 164 g/mol. The molecule has 3 heteroatoms. The van der Waals surface area contributed by atoms with Gasteiger partial charge in [-0.2, -0.15) is 0 Å². The van der Waals surface area contributed by atoms with E-state index in [9.17, 15) is 0 Å². The summed E-state index contributed by atoms with van der Waals surface area (Å²) in [5, 5.41) is 0. The smallest absolute Gasteiger partial charge is 0.255 e. The predicted molar refractivity (Wildman–Crippen MR) is 52.6 cm³/mol. The van der Waals surface area contributed by atoms with Crippen LogP contribution in [0.15, 0.2) is 12.3 Å². The summed E-state index contributed by atoms with van der Waals surface area (Å²) in [4.78, 5) is 4.25. The molecule has 1 aromatic heterocycles. The van der Waals surface area contributed by atoms with Gasteiger partial charge >= 0.3 is 0 Å². The number of hydrogen-bond acceptors (Lipinski definition) is 2. The number of hydrogen-bond donors (Lipinski definition) is 0. The Bertz CT molecular complexity index is 250. The van der Waals surface area contributed by atoms with Gasteiger partial charge in [-0.05, 0) is 37.3 Å². The van der Waals surface area contributed by atoms with Crippen molar-refractivity contribution in [3.05, 3.63) is 23.4 Å². The van der Waals surface area contributed by atoms with Gasteiger partial charge < -0.3 is 0 Å². The molecule has 0 atom stereocenters. The summed E-state index contributed by atoms with van der Waals surface area (Å²) in [6.45, 7) is 6.28. The maximum absolute atomic E-state index is 4.25. The highest BCUT2D eigenvalue weighted by Crippen LogP contribution is 2.01. The van der Waals surface area contributed by atoms with E-state index >= 15 is 0 Å². The van der Waals surface area contributed by atoms with Crippen LogP contribution in [0.4, 0.5) is 0 Å². The van der Waals surface area contributed by atoms with Gasteiger partial charge in [0.15, 0.2) is 0 Å². The molecule has 0 N–H and O–H groups in total. The van der Waals surface area contributed by atoms with Crippen LogP contribution in [0.3, 0.4) is 0 Å². The van der Waals surface area contributed by atoms with E-state index in [1.54, 1.807) is 11.6 Å². The van der Waals surface area contributed by atoms with E-state index in [-0.39, 0.29) is 0 Å². The van der Waals surface area contributed by atoms with Crippen molar-refractivity contribution in [2.45, 2.75) is 13.8 Å². The molecule has 0 spiro atoms. The van der Waals surface area contributed by atoms with Crippen molar-refractivity contribution in [1.82, 2.24) is 4.98 Å². The Morgan fingerprint density at radius 2 is 2.18 bits per heavy atom. The lowest BCUT2D eigenvalue weighted by Crippen LogP contribution is -2.19. The fourth-order valence-electron chi connectivity index (χ4n) is 0.884. The highest BCUT2D eigenvalue weighted by Gasteiger charge is 2.01. The summed E-state index contributed by atoms with van der Waals surface area (Å²) in [7, 11) is 0. The van der Waals surface area contributed by atoms with Gasteiger partial charge in [-0.3, -0.25) is 4.98 Å². The van der Waals surface area contributed by atoms with E-state index < -0.39 is 0 Å². The Balaban J connectivity index is 2.96. The van der Waals surface area contributed by atoms with Crippen LogP contribution in [-0.4, -0.2) is 17.8 Å². The lowest BCUT2D eigenvalue weighted by molar-refractivity contribution is 1.26. The van der Waals surface area contributed by atoms with Gasteiger partial charge in [0.25, 0.3) is 6.56 Å². The first-order chi connectivity index (χ1) is 5.25. The van der Waals surface area contributed by atoms with Gasteiger partial charge in [-0.1, -0.05) is 0 Å². The second kappa shape index (κ2) is 3.81. The molecule has 0 saturated carbocycles. The Hall–Kier alpha value is -0.435. The molecule has 0 aliphatic carbocycles. The molecule has 0 aromatic carbocycles. The first-order valence-corrected chi connectivity index (χ1v) is 4.82. The fourth-order valence-corrected chi connectivity index (χ4v) is 1.34. The third kappa shape index (κ3) is 1.99. The van der Waals surface area contributed by atoms with E-state index in [1.165, 1.54) is 11.1 Å². The summed E-state index contributed by atoms with van der Waals surface area (Å²) in [5.74, 6) is 0. The Labute approximate surface area is 72.8 Å². The molecular weight excluding hydrogens is 153 g/mol. The topological polar surface area (TPSA) is 12.9 Å². The molecule has 0 fully saturated rings. The SMILES string of the molecule is CS[B]c1nccc(C)c1C. The number of rotatable bonds is 2. The zero-order chi connectivity index (χ0) is 8.27. The first kappa shape index (κ1) is 8.66. The van der Waals surface area contributed by atoms with Crippen molar-refractivity contribution >= 4 is 23.8 Å². The second-order valence-electron chi connectivity index (χ2n) is 2.49. The molecule has 1 nitrogen and oxygen atoms in total. The summed E-state index contributed by atoms with van der Waals surface area (Å²) in [5.41, 5.74) is 3.68. The average Bonchev–Trinajstić information content (AvgIpc) is 1.99. The Morgan fingerprint density at radius 1 is 1.45 bits per heavy atom. The highest BCUT2D eigenvalue weighted by molar-refractivity contribution is 8.23. The van der Waals surface area contributed by atoms with E-state index in [2.05, 4.69) is 25.4 Å². The zero-order valence-corrected chi connectivity index (χ0v) is 7.90. The van der Waals surface area contributed by atoms with Crippen molar-refractivity contribution in [3.63, 3.8) is 0 Å². The highest BCUT2D eigenvalue weighted by atomic mass is 32.2. The molecule has 1 rings (SSSR count). The molecule has 1 aromatic rings. The van der Waals surface area contributed by atoms with Crippen LogP contribution >= 0.6 is 11.6 Å². The minimum atomic E-state index is 1.09. The van der Waals surface area contributed by atoms with Gasteiger partial charge in [0, 0.05) is 11.8 Å². The Kier molecular flexibility index (Phi) is 3.00. The molecule has 0 aliphatic rings. The lowest BCUT2D eigenvalue weighted by Gasteiger charge is -2.03. The molecule has 57 valence electrons. The van der Waals surface area contributed by atoms with E-state index in [0.29, 0.717) is 0 Å². The quantitative estimate of drug-likeness (QED) is 0.611. The van der Waals surface area contributed by atoms with E-state index in [1.807, 2.05) is 18.5 Å². The second-order valence-corrected chi connectivity index (χ2v) is 3.20. The first-order valence-electron chi connectivity index (χ1n) is 3.54. The maximum Gasteiger partial charge on any atom is 0.255 e. The number of pyridine rings is 1. The van der Waals surface area contributed by atoms with Gasteiger partial charge in [0.05, 0.1) is 0 Å². The van der Waals surface area contributed by atoms with Crippen LogP contribution in [0.25, 0.3) is 0 Å². The van der Waals surface area contributed by atoms with Gasteiger partial charge in [-0.15, -0.1) is 0 Å². The monoisotopic (exact) mass is 164 g/mol. The molecule has 0 aliphatic heterocycles. The van der Waals surface area contributed by atoms with Crippen molar-refractivity contribution < 1.29 is 0 Å². The van der Waals surface area contributed by atoms with Gasteiger partial charge in [0.1, 0.15) is 0 Å². The summed E-state index contributed by atoms with van der Waals surface area (Å²) in [6.07, 6.45) is 3.90. The maximum atomic E-state index is 4.25. The number of nitrogens with zero attached hydrogens (tertiary/aromatic N) is 1. The lowest BCUT2D eigenvalue weighted by atomic mass is 9.94. The molecule has 0 unspecified atom stereocenters. The number of aryl methyl sites for hydroxylation is 1. The van der Waals surface area contributed by atoms with E-state index in [0.717, 1.165) is 5.59 Å². The predicted octanol–water partition coefficient (Wildman–Crippen LogP) is 1.31. The third-order valence-corrected chi connectivity index (χ3v) is 2.20. The Morgan fingerprint density at radius 3 is 2.82 bits per heavy atom. The summed E-state index contributed by atoms with van der Waals surface area (Å²) < 4.78 is 0. The van der Waals surface area contributed by atoms with Gasteiger partial charge in [0.2, 0.25) is 0 Å². The van der Waals surface area contributed by atoms with Crippen LogP contribution < -0.4 is 5.59 Å². The van der Waals surface area contributed by atoms with Crippen molar-refractivity contribution in [1.29, 1.82) is 0 Å². The fraction of sp³-hybridized carbons (Fsp3) is 0.375. The standard InChI is InChI=1S/C8H11BNS/c1-6-4-5-10-8(7(6)2)9-11-3/h4-5H,1-3H3. The zero-order valence-electron chi connectivity index (χ0n) is 7.09. The van der Waals surface area contributed by atoms with E-state index in [4.69, 9.17) is 0 Å². The van der Waals surface area contributed by atoms with Crippen LogP contribution in [0.1, 0.15) is 11.1 Å². The number of aromatic nitrogens is 1. The molecular formula is C8H11BNS. The van der Waals surface area contributed by atoms with Crippen molar-refractivity contribution in [2.24, 2.45) is 0 Å². The third-order valence-electron chi connectivity index (χ3n) is 1.74. The molecule has 11 heavy (non-hydrogen) atoms. The van der Waals surface area contributed by atoms with Crippen molar-refractivity contribution in [3.8, 4) is 0 Å². The minimum Gasteiger partial charge on any atom is -0.271 e.